The van der Waals surface area contributed by atoms with E-state index in [4.69, 9.17) is 0 Å². The molecule has 0 atom stereocenters. The van der Waals surface area contributed by atoms with Gasteiger partial charge in [-0.05, 0) is 34.5 Å². The molecule has 1 aromatic heterocycles. The van der Waals surface area contributed by atoms with E-state index >= 15 is 0 Å². The highest BCUT2D eigenvalue weighted by molar-refractivity contribution is 9.11. The fourth-order valence-corrected chi connectivity index (χ4v) is 6.07. The van der Waals surface area contributed by atoms with E-state index in [-0.39, 0.29) is 0 Å². The zero-order chi connectivity index (χ0) is 13.9. The van der Waals surface area contributed by atoms with Crippen LogP contribution in [0.4, 0.5) is 0 Å². The van der Waals surface area contributed by atoms with Crippen LogP contribution in [0.3, 0.4) is 0 Å². The van der Waals surface area contributed by atoms with Gasteiger partial charge in [0.05, 0.1) is 3.79 Å². The van der Waals surface area contributed by atoms with Crippen molar-refractivity contribution in [2.45, 2.75) is 11.1 Å². The van der Waals surface area contributed by atoms with Crippen LogP contribution in [0.25, 0.3) is 0 Å². The third kappa shape index (κ3) is 4.44. The maximum atomic E-state index is 12.1. The van der Waals surface area contributed by atoms with Crippen LogP contribution in [0.1, 0.15) is 5.56 Å². The summed E-state index contributed by atoms with van der Waals surface area (Å²) >= 11 is 6.57. The van der Waals surface area contributed by atoms with Crippen LogP contribution < -0.4 is 4.72 Å². The SMILES string of the molecule is Cc1cc(S(=O)(=O)NCCN2CCSCC2)sc1Br. The Morgan fingerprint density at radius 1 is 1.42 bits per heavy atom. The molecule has 108 valence electrons. The first-order valence-corrected chi connectivity index (χ1v) is 10.3. The third-order valence-corrected chi connectivity index (χ3v) is 7.94. The first kappa shape index (κ1) is 15.8. The molecule has 2 heterocycles. The molecule has 0 amide bonds. The summed E-state index contributed by atoms with van der Waals surface area (Å²) in [6, 6.07) is 1.70. The Kier molecular flexibility index (Phi) is 5.74. The Morgan fingerprint density at radius 2 is 2.11 bits per heavy atom. The smallest absolute Gasteiger partial charge is 0.250 e. The highest BCUT2D eigenvalue weighted by Crippen LogP contribution is 2.30. The van der Waals surface area contributed by atoms with Crippen LogP contribution >= 0.6 is 39.0 Å². The molecule has 1 N–H and O–H groups in total. The van der Waals surface area contributed by atoms with Gasteiger partial charge in [-0.1, -0.05) is 0 Å². The normalized spacial score (nSPS) is 17.8. The minimum Gasteiger partial charge on any atom is -0.300 e. The van der Waals surface area contributed by atoms with Crippen LogP contribution in [0, 0.1) is 6.92 Å². The molecule has 8 heteroatoms. The predicted molar refractivity (Wildman–Crippen MR) is 85.7 cm³/mol. The Hall–Kier alpha value is 0.400. The molecule has 0 saturated carbocycles. The van der Waals surface area contributed by atoms with Crippen molar-refractivity contribution in [3.8, 4) is 0 Å². The number of sulfonamides is 1. The van der Waals surface area contributed by atoms with Crippen molar-refractivity contribution < 1.29 is 8.42 Å². The lowest BCUT2D eigenvalue weighted by Gasteiger charge is -2.25. The van der Waals surface area contributed by atoms with Crippen LogP contribution in [0.5, 0.6) is 0 Å². The molecule has 1 fully saturated rings. The van der Waals surface area contributed by atoms with Gasteiger partial charge in [0.25, 0.3) is 0 Å². The minimum atomic E-state index is -3.36. The van der Waals surface area contributed by atoms with E-state index in [0.29, 0.717) is 10.8 Å². The summed E-state index contributed by atoms with van der Waals surface area (Å²) in [5.74, 6) is 2.29. The van der Waals surface area contributed by atoms with E-state index in [9.17, 15) is 8.42 Å². The number of rotatable bonds is 5. The molecule has 1 saturated heterocycles. The van der Waals surface area contributed by atoms with Crippen LogP contribution in [0.2, 0.25) is 0 Å². The second-order valence-electron chi connectivity index (χ2n) is 4.37. The molecule has 0 radical (unpaired) electrons. The zero-order valence-corrected chi connectivity index (χ0v) is 14.7. The molecule has 0 spiro atoms. The summed E-state index contributed by atoms with van der Waals surface area (Å²) in [4.78, 5) is 2.30. The van der Waals surface area contributed by atoms with E-state index in [1.54, 1.807) is 6.07 Å². The number of thioether (sulfide) groups is 1. The fourth-order valence-electron chi connectivity index (χ4n) is 1.80. The van der Waals surface area contributed by atoms with Crippen molar-refractivity contribution in [2.24, 2.45) is 0 Å². The van der Waals surface area contributed by atoms with Crippen LogP contribution in [-0.2, 0) is 10.0 Å². The molecule has 4 nitrogen and oxygen atoms in total. The molecule has 19 heavy (non-hydrogen) atoms. The number of hydrogen-bond acceptors (Lipinski definition) is 5. The molecule has 0 bridgehead atoms. The Labute approximate surface area is 131 Å². The van der Waals surface area contributed by atoms with Gasteiger partial charge >= 0.3 is 0 Å². The van der Waals surface area contributed by atoms with Crippen molar-refractivity contribution >= 4 is 49.1 Å². The number of hydrogen-bond donors (Lipinski definition) is 1. The highest BCUT2D eigenvalue weighted by Gasteiger charge is 2.18. The number of thiophene rings is 1. The number of aryl methyl sites for hydroxylation is 1. The summed E-state index contributed by atoms with van der Waals surface area (Å²) in [5, 5.41) is 0. The van der Waals surface area contributed by atoms with E-state index < -0.39 is 10.0 Å². The predicted octanol–water partition coefficient (Wildman–Crippen LogP) is 2.15. The van der Waals surface area contributed by atoms with Gasteiger partial charge in [0.15, 0.2) is 0 Å². The Morgan fingerprint density at radius 3 is 2.68 bits per heavy atom. The van der Waals surface area contributed by atoms with Crippen LogP contribution in [-0.4, -0.2) is 51.0 Å². The average Bonchev–Trinajstić information content (AvgIpc) is 2.72. The average molecular weight is 385 g/mol. The van der Waals surface area contributed by atoms with E-state index in [1.165, 1.54) is 11.3 Å². The van der Waals surface area contributed by atoms with Gasteiger partial charge in [-0.15, -0.1) is 11.3 Å². The molecule has 0 aliphatic carbocycles. The molecular weight excluding hydrogens is 368 g/mol. The minimum absolute atomic E-state index is 0.381. The number of halogens is 1. The molecule has 1 aromatic rings. The van der Waals surface area contributed by atoms with Gasteiger partial charge in [0.1, 0.15) is 4.21 Å². The summed E-state index contributed by atoms with van der Waals surface area (Å²) < 4.78 is 28.1. The number of nitrogens with one attached hydrogen (secondary N) is 1. The van der Waals surface area contributed by atoms with E-state index in [1.807, 2.05) is 18.7 Å². The maximum absolute atomic E-state index is 12.1. The molecule has 0 aromatic carbocycles. The third-order valence-electron chi connectivity index (χ3n) is 2.92. The quantitative estimate of drug-likeness (QED) is 0.844. The second kappa shape index (κ2) is 6.91. The lowest BCUT2D eigenvalue weighted by atomic mass is 10.4. The van der Waals surface area contributed by atoms with Gasteiger partial charge in [-0.3, -0.25) is 0 Å². The van der Waals surface area contributed by atoms with Crippen molar-refractivity contribution in [3.05, 3.63) is 15.4 Å². The summed E-state index contributed by atoms with van der Waals surface area (Å²) in [7, 11) is -3.36. The van der Waals surface area contributed by atoms with Crippen molar-refractivity contribution in [2.75, 3.05) is 37.7 Å². The summed E-state index contributed by atoms with van der Waals surface area (Å²) in [6.45, 7) is 5.25. The van der Waals surface area contributed by atoms with Gasteiger partial charge in [0, 0.05) is 37.7 Å². The highest BCUT2D eigenvalue weighted by atomic mass is 79.9. The molecule has 0 unspecified atom stereocenters. The Bertz CT molecular complexity index is 505. The number of nitrogens with zero attached hydrogens (tertiary/aromatic N) is 1. The summed E-state index contributed by atoms with van der Waals surface area (Å²) in [5.41, 5.74) is 0.957. The fraction of sp³-hybridized carbons (Fsp3) is 0.636. The van der Waals surface area contributed by atoms with Gasteiger partial charge < -0.3 is 4.90 Å². The molecule has 2 rings (SSSR count). The second-order valence-corrected chi connectivity index (χ2v) is 9.96. The maximum Gasteiger partial charge on any atom is 0.250 e. The lowest BCUT2D eigenvalue weighted by Crippen LogP contribution is -2.39. The van der Waals surface area contributed by atoms with Crippen molar-refractivity contribution in [1.82, 2.24) is 9.62 Å². The van der Waals surface area contributed by atoms with Crippen molar-refractivity contribution in [1.29, 1.82) is 0 Å². The monoisotopic (exact) mass is 384 g/mol. The zero-order valence-electron chi connectivity index (χ0n) is 10.7. The van der Waals surface area contributed by atoms with Gasteiger partial charge in [-0.25, -0.2) is 13.1 Å². The molecule has 1 aliphatic rings. The largest absolute Gasteiger partial charge is 0.300 e. The van der Waals surface area contributed by atoms with Gasteiger partial charge in [0.2, 0.25) is 10.0 Å². The van der Waals surface area contributed by atoms with E-state index in [2.05, 4.69) is 25.6 Å². The van der Waals surface area contributed by atoms with Crippen LogP contribution in [0.15, 0.2) is 14.1 Å². The standard InChI is InChI=1S/C11H17BrN2O2S3/c1-9-8-10(18-11(9)12)19(15,16)13-2-3-14-4-6-17-7-5-14/h8,13H,2-7H2,1H3. The first-order chi connectivity index (χ1) is 8.99. The Balaban J connectivity index is 1.87. The molecule has 1 aliphatic heterocycles. The first-order valence-electron chi connectivity index (χ1n) is 6.05. The van der Waals surface area contributed by atoms with Gasteiger partial charge in [-0.2, -0.15) is 11.8 Å². The van der Waals surface area contributed by atoms with Crippen molar-refractivity contribution in [3.63, 3.8) is 0 Å². The lowest BCUT2D eigenvalue weighted by molar-refractivity contribution is 0.307. The van der Waals surface area contributed by atoms with E-state index in [0.717, 1.165) is 40.5 Å². The molecular formula is C11H17BrN2O2S3. The summed E-state index contributed by atoms with van der Waals surface area (Å²) in [6.07, 6.45) is 0. The topological polar surface area (TPSA) is 49.4 Å².